The predicted octanol–water partition coefficient (Wildman–Crippen LogP) is -2.09. The van der Waals surface area contributed by atoms with Gasteiger partial charge in [0.05, 0.1) is 6.54 Å². The van der Waals surface area contributed by atoms with Crippen LogP contribution in [0, 0.1) is 5.92 Å². The molecule has 3 unspecified atom stereocenters. The van der Waals surface area contributed by atoms with Gasteiger partial charge in [-0.05, 0) is 25.2 Å². The lowest BCUT2D eigenvalue weighted by atomic mass is 10.0. The Kier molecular flexibility index (Phi) is 8.83. The summed E-state index contributed by atoms with van der Waals surface area (Å²) in [5, 5.41) is 14.3. The van der Waals surface area contributed by atoms with Crippen molar-refractivity contribution >= 4 is 29.6 Å². The van der Waals surface area contributed by atoms with Gasteiger partial charge in [0.25, 0.3) is 0 Å². The number of carbonyl (C=O) groups excluding carboxylic acids is 4. The molecule has 1 saturated heterocycles. The van der Waals surface area contributed by atoms with Crippen LogP contribution in [0.2, 0.25) is 0 Å². The predicted molar refractivity (Wildman–Crippen MR) is 98.6 cm³/mol. The van der Waals surface area contributed by atoms with E-state index in [4.69, 9.17) is 11.5 Å². The Morgan fingerprint density at radius 3 is 2.32 bits per heavy atom. The van der Waals surface area contributed by atoms with E-state index in [1.807, 2.05) is 0 Å². The van der Waals surface area contributed by atoms with Crippen molar-refractivity contribution in [2.75, 3.05) is 13.1 Å². The minimum Gasteiger partial charge on any atom is -0.480 e. The second kappa shape index (κ2) is 10.6. The van der Waals surface area contributed by atoms with Gasteiger partial charge in [0.1, 0.15) is 18.1 Å². The summed E-state index contributed by atoms with van der Waals surface area (Å²) in [5.41, 5.74) is 10.4. The van der Waals surface area contributed by atoms with Crippen LogP contribution < -0.4 is 22.1 Å². The highest BCUT2D eigenvalue weighted by atomic mass is 16.4. The number of carbonyl (C=O) groups is 5. The zero-order valence-corrected chi connectivity index (χ0v) is 16.1. The molecule has 1 aliphatic rings. The highest BCUT2D eigenvalue weighted by Crippen LogP contribution is 2.19. The number of likely N-dealkylation sites (tertiary alicyclic amines) is 1. The first-order valence-electron chi connectivity index (χ1n) is 9.19. The maximum Gasteiger partial charge on any atom is 0.326 e. The van der Waals surface area contributed by atoms with Gasteiger partial charge >= 0.3 is 5.97 Å². The van der Waals surface area contributed by atoms with E-state index in [0.29, 0.717) is 12.8 Å². The molecule has 7 N–H and O–H groups in total. The largest absolute Gasteiger partial charge is 0.480 e. The van der Waals surface area contributed by atoms with Crippen LogP contribution in [0.25, 0.3) is 0 Å². The summed E-state index contributed by atoms with van der Waals surface area (Å²) in [6.45, 7) is 3.37. The van der Waals surface area contributed by atoms with E-state index in [9.17, 15) is 29.1 Å². The van der Waals surface area contributed by atoms with Crippen molar-refractivity contribution in [1.82, 2.24) is 15.5 Å². The van der Waals surface area contributed by atoms with E-state index in [2.05, 4.69) is 10.6 Å². The van der Waals surface area contributed by atoms with E-state index in [1.54, 1.807) is 13.8 Å². The van der Waals surface area contributed by atoms with Gasteiger partial charge in [0.2, 0.25) is 23.6 Å². The van der Waals surface area contributed by atoms with Crippen LogP contribution >= 0.6 is 0 Å². The summed E-state index contributed by atoms with van der Waals surface area (Å²) in [7, 11) is 0. The van der Waals surface area contributed by atoms with E-state index >= 15 is 0 Å². The molecule has 0 aromatic carbocycles. The molecule has 1 heterocycles. The Morgan fingerprint density at radius 1 is 1.18 bits per heavy atom. The van der Waals surface area contributed by atoms with Gasteiger partial charge in [-0.15, -0.1) is 0 Å². The second-order valence-electron chi connectivity index (χ2n) is 7.09. The summed E-state index contributed by atoms with van der Waals surface area (Å²) in [5.74, 6) is -3.81. The summed E-state index contributed by atoms with van der Waals surface area (Å²) in [4.78, 5) is 60.8. The fourth-order valence-electron chi connectivity index (χ4n) is 3.06. The first-order chi connectivity index (χ1) is 13.1. The zero-order chi connectivity index (χ0) is 21.4. The Morgan fingerprint density at radius 2 is 1.82 bits per heavy atom. The maximum atomic E-state index is 12.9. The number of nitrogens with one attached hydrogen (secondary N) is 2. The van der Waals surface area contributed by atoms with Gasteiger partial charge < -0.3 is 32.1 Å². The fourth-order valence-corrected chi connectivity index (χ4v) is 3.06. The van der Waals surface area contributed by atoms with E-state index < -0.39 is 47.7 Å². The van der Waals surface area contributed by atoms with Crippen LogP contribution in [-0.4, -0.2) is 70.8 Å². The molecule has 0 spiro atoms. The van der Waals surface area contributed by atoms with Crippen molar-refractivity contribution in [3.8, 4) is 0 Å². The average Bonchev–Trinajstić information content (AvgIpc) is 3.11. The van der Waals surface area contributed by atoms with E-state index in [1.165, 1.54) is 4.90 Å². The molecule has 1 rings (SSSR count). The number of hydrogen-bond acceptors (Lipinski definition) is 6. The van der Waals surface area contributed by atoms with Crippen LogP contribution in [-0.2, 0) is 24.0 Å². The number of rotatable bonds is 10. The van der Waals surface area contributed by atoms with Crippen molar-refractivity contribution in [1.29, 1.82) is 0 Å². The second-order valence-corrected chi connectivity index (χ2v) is 7.09. The van der Waals surface area contributed by atoms with E-state index in [-0.39, 0.29) is 31.8 Å². The minimum absolute atomic E-state index is 0.0710. The maximum absolute atomic E-state index is 12.9. The SMILES string of the molecule is CC(C)C(NC(=O)CN)C(=O)NC(CCC(N)=O)C(=O)N1CCCC1C(=O)O. The molecule has 11 heteroatoms. The zero-order valence-electron chi connectivity index (χ0n) is 16.1. The van der Waals surface area contributed by atoms with Crippen molar-refractivity contribution in [2.45, 2.75) is 57.7 Å². The molecule has 0 aromatic rings. The first-order valence-corrected chi connectivity index (χ1v) is 9.19. The highest BCUT2D eigenvalue weighted by molar-refractivity contribution is 5.94. The first kappa shape index (κ1) is 23.3. The third-order valence-corrected chi connectivity index (χ3v) is 4.57. The summed E-state index contributed by atoms with van der Waals surface area (Å²) in [6.07, 6.45) is 0.612. The number of carboxylic acid groups (broad SMARTS) is 1. The summed E-state index contributed by atoms with van der Waals surface area (Å²) in [6, 6.07) is -3.04. The van der Waals surface area contributed by atoms with Gasteiger partial charge in [0.15, 0.2) is 0 Å². The normalized spacial score (nSPS) is 18.4. The molecule has 158 valence electrons. The molecule has 1 fully saturated rings. The molecule has 1 aliphatic heterocycles. The van der Waals surface area contributed by atoms with Crippen LogP contribution in [0.5, 0.6) is 0 Å². The van der Waals surface area contributed by atoms with Crippen molar-refractivity contribution in [3.63, 3.8) is 0 Å². The molecule has 0 radical (unpaired) electrons. The summed E-state index contributed by atoms with van der Waals surface area (Å²) >= 11 is 0. The molecule has 11 nitrogen and oxygen atoms in total. The lowest BCUT2D eigenvalue weighted by Crippen LogP contribution is -2.57. The number of aliphatic carboxylic acids is 1. The van der Waals surface area contributed by atoms with Gasteiger partial charge in [-0.1, -0.05) is 13.8 Å². The molecule has 28 heavy (non-hydrogen) atoms. The number of carboxylic acids is 1. The van der Waals surface area contributed by atoms with E-state index in [0.717, 1.165) is 0 Å². The molecule has 0 aliphatic carbocycles. The highest BCUT2D eigenvalue weighted by Gasteiger charge is 2.38. The fraction of sp³-hybridized carbons (Fsp3) is 0.706. The van der Waals surface area contributed by atoms with Crippen LogP contribution in [0.4, 0.5) is 0 Å². The Labute approximate surface area is 163 Å². The lowest BCUT2D eigenvalue weighted by molar-refractivity contribution is -0.149. The topological polar surface area (TPSA) is 185 Å². The van der Waals surface area contributed by atoms with Gasteiger partial charge in [-0.3, -0.25) is 19.2 Å². The Hall–Kier alpha value is -2.69. The molecular weight excluding hydrogens is 370 g/mol. The Bertz CT molecular complexity index is 623. The van der Waals surface area contributed by atoms with Gasteiger partial charge in [-0.2, -0.15) is 0 Å². The molecule has 4 amide bonds. The number of nitrogens with two attached hydrogens (primary N) is 2. The van der Waals surface area contributed by atoms with Crippen LogP contribution in [0.15, 0.2) is 0 Å². The number of hydrogen-bond donors (Lipinski definition) is 5. The molecule has 0 bridgehead atoms. The smallest absolute Gasteiger partial charge is 0.326 e. The quantitative estimate of drug-likeness (QED) is 0.279. The monoisotopic (exact) mass is 399 g/mol. The molecule has 0 aromatic heterocycles. The van der Waals surface area contributed by atoms with Crippen molar-refractivity contribution in [3.05, 3.63) is 0 Å². The third-order valence-electron chi connectivity index (χ3n) is 4.57. The third kappa shape index (κ3) is 6.48. The minimum atomic E-state index is -1.13. The van der Waals surface area contributed by atoms with Crippen LogP contribution in [0.1, 0.15) is 39.5 Å². The van der Waals surface area contributed by atoms with Crippen molar-refractivity contribution in [2.24, 2.45) is 17.4 Å². The number of primary amides is 1. The molecular formula is C17H29N5O6. The van der Waals surface area contributed by atoms with Gasteiger partial charge in [0, 0.05) is 13.0 Å². The van der Waals surface area contributed by atoms with Crippen LogP contribution in [0.3, 0.4) is 0 Å². The van der Waals surface area contributed by atoms with Crippen molar-refractivity contribution < 1.29 is 29.1 Å². The standard InChI is InChI=1S/C17H29N5O6/c1-9(2)14(21-13(24)8-18)15(25)20-10(5-6-12(19)23)16(26)22-7-3-4-11(22)17(27)28/h9-11,14H,3-8,18H2,1-2H3,(H2,19,23)(H,20,25)(H,21,24)(H,27,28). The van der Waals surface area contributed by atoms with Gasteiger partial charge in [-0.25, -0.2) is 4.79 Å². The Balaban J connectivity index is 2.97. The molecule has 3 atom stereocenters. The average molecular weight is 399 g/mol. The lowest BCUT2D eigenvalue weighted by Gasteiger charge is -2.29. The number of nitrogens with zero attached hydrogens (tertiary/aromatic N) is 1. The number of amides is 4. The molecule has 0 saturated carbocycles. The summed E-state index contributed by atoms with van der Waals surface area (Å²) < 4.78 is 0.